The molecule has 7 nitrogen and oxygen atoms in total. The number of amides is 2. The molecule has 1 unspecified atom stereocenters. The van der Waals surface area contributed by atoms with Crippen LogP contribution in [0.3, 0.4) is 0 Å². The number of nitrogens with one attached hydrogen (secondary N) is 3. The lowest BCUT2D eigenvalue weighted by atomic mass is 9.95. The van der Waals surface area contributed by atoms with Crippen molar-refractivity contribution in [2.24, 2.45) is 4.99 Å². The zero-order chi connectivity index (χ0) is 22.8. The molecule has 1 atom stereocenters. The van der Waals surface area contributed by atoms with Crippen molar-refractivity contribution >= 4 is 17.6 Å². The van der Waals surface area contributed by atoms with E-state index >= 15 is 0 Å². The van der Waals surface area contributed by atoms with Crippen molar-refractivity contribution in [1.29, 1.82) is 0 Å². The Morgan fingerprint density at radius 1 is 1.22 bits per heavy atom. The predicted octanol–water partition coefficient (Wildman–Crippen LogP) is 3.76. The second kappa shape index (κ2) is 8.82. The van der Waals surface area contributed by atoms with Crippen LogP contribution in [0.1, 0.15) is 38.3 Å². The van der Waals surface area contributed by atoms with E-state index in [1.807, 2.05) is 41.3 Å². The van der Waals surface area contributed by atoms with Crippen LogP contribution in [0.25, 0.3) is 0 Å². The Bertz CT molecular complexity index is 1010. The number of fused-ring (bicyclic) bond motifs is 1. The number of urea groups is 1. The minimum atomic E-state index is -0.403. The highest BCUT2D eigenvalue weighted by Crippen LogP contribution is 2.30. The van der Waals surface area contributed by atoms with Crippen molar-refractivity contribution in [2.75, 3.05) is 25.5 Å². The molecule has 0 radical (unpaired) electrons. The normalized spacial score (nSPS) is 21.8. The monoisotopic (exact) mass is 435 g/mol. The zero-order valence-electron chi connectivity index (χ0n) is 19.4. The number of rotatable bonds is 3. The number of methoxy groups -OCH3 is 1. The van der Waals surface area contributed by atoms with Crippen molar-refractivity contribution in [3.63, 3.8) is 0 Å². The first-order valence-corrected chi connectivity index (χ1v) is 11.1. The standard InChI is InChI=1S/C25H33N5O2/c1-24(2,3)29-22-25(27-16-19-9-5-6-11-21(19)28-22)12-13-30(17-25)23(31)26-15-18-8-7-10-20(14-18)32-4/h5-11,14,27H,12-13,15-17H2,1-4H3,(H,26,31)(H,28,29). The molecule has 0 saturated carbocycles. The van der Waals surface area contributed by atoms with Crippen LogP contribution >= 0.6 is 0 Å². The number of aliphatic imine (C=N–C) groups is 1. The van der Waals surface area contributed by atoms with Crippen molar-refractivity contribution in [1.82, 2.24) is 15.5 Å². The number of benzene rings is 2. The maximum atomic E-state index is 13.0. The number of carbonyl (C=O) groups is 1. The second-order valence-corrected chi connectivity index (χ2v) is 9.53. The third-order valence-electron chi connectivity index (χ3n) is 5.92. The molecule has 1 spiro atoms. The molecule has 2 aliphatic rings. The molecule has 2 amide bonds. The fourth-order valence-corrected chi connectivity index (χ4v) is 4.25. The summed E-state index contributed by atoms with van der Waals surface area (Å²) in [5.41, 5.74) is 2.64. The van der Waals surface area contributed by atoms with E-state index < -0.39 is 5.54 Å². The summed E-state index contributed by atoms with van der Waals surface area (Å²) in [4.78, 5) is 19.9. The molecular weight excluding hydrogens is 402 g/mol. The van der Waals surface area contributed by atoms with E-state index in [2.05, 4.69) is 48.9 Å². The third kappa shape index (κ3) is 4.88. The Morgan fingerprint density at radius 2 is 2.03 bits per heavy atom. The molecule has 3 N–H and O–H groups in total. The molecule has 2 aromatic carbocycles. The SMILES string of the molecule is COc1cccc(CNC(=O)N2CCC3(C2)NCc2ccccc2NC3=NC(C)(C)C)c1. The van der Waals surface area contributed by atoms with E-state index in [0.717, 1.165) is 35.8 Å². The Kier molecular flexibility index (Phi) is 6.11. The first kappa shape index (κ1) is 22.1. The number of hydrogen-bond donors (Lipinski definition) is 3. The van der Waals surface area contributed by atoms with E-state index in [9.17, 15) is 4.79 Å². The molecule has 1 saturated heterocycles. The van der Waals surface area contributed by atoms with Gasteiger partial charge in [-0.1, -0.05) is 30.3 Å². The highest BCUT2D eigenvalue weighted by Gasteiger charge is 2.45. The van der Waals surface area contributed by atoms with Gasteiger partial charge in [-0.15, -0.1) is 0 Å². The number of likely N-dealkylation sites (tertiary alicyclic amines) is 1. The summed E-state index contributed by atoms with van der Waals surface area (Å²) in [6.45, 7) is 8.70. The summed E-state index contributed by atoms with van der Waals surface area (Å²) in [6.07, 6.45) is 0.801. The Labute approximate surface area is 190 Å². The summed E-state index contributed by atoms with van der Waals surface area (Å²) in [7, 11) is 1.64. The van der Waals surface area contributed by atoms with Gasteiger partial charge in [-0.2, -0.15) is 0 Å². The molecule has 32 heavy (non-hydrogen) atoms. The van der Waals surface area contributed by atoms with Crippen LogP contribution in [0, 0.1) is 0 Å². The van der Waals surface area contributed by atoms with Gasteiger partial charge in [-0.05, 0) is 56.5 Å². The number of nitrogens with zero attached hydrogens (tertiary/aromatic N) is 2. The molecule has 2 aliphatic heterocycles. The van der Waals surface area contributed by atoms with Crippen molar-refractivity contribution in [2.45, 2.75) is 51.4 Å². The average molecular weight is 436 g/mol. The van der Waals surface area contributed by atoms with Gasteiger partial charge in [0.1, 0.15) is 11.6 Å². The summed E-state index contributed by atoms with van der Waals surface area (Å²) >= 11 is 0. The first-order chi connectivity index (χ1) is 15.3. The van der Waals surface area contributed by atoms with E-state index in [1.165, 1.54) is 5.56 Å². The van der Waals surface area contributed by atoms with Gasteiger partial charge in [-0.25, -0.2) is 4.79 Å². The fraction of sp³-hybridized carbons (Fsp3) is 0.440. The van der Waals surface area contributed by atoms with Gasteiger partial charge < -0.3 is 20.3 Å². The summed E-state index contributed by atoms with van der Waals surface area (Å²) in [5, 5.41) is 10.4. The second-order valence-electron chi connectivity index (χ2n) is 9.53. The highest BCUT2D eigenvalue weighted by molar-refractivity contribution is 6.04. The van der Waals surface area contributed by atoms with Gasteiger partial charge >= 0.3 is 6.03 Å². The average Bonchev–Trinajstić information content (AvgIpc) is 3.15. The van der Waals surface area contributed by atoms with Gasteiger partial charge in [0, 0.05) is 31.9 Å². The number of anilines is 1. The van der Waals surface area contributed by atoms with Crippen LogP contribution in [0.15, 0.2) is 53.5 Å². The van der Waals surface area contributed by atoms with Crippen LogP contribution in [0.4, 0.5) is 10.5 Å². The quantitative estimate of drug-likeness (QED) is 0.686. The maximum absolute atomic E-state index is 13.0. The third-order valence-corrected chi connectivity index (χ3v) is 5.92. The lowest BCUT2D eigenvalue weighted by Gasteiger charge is -2.32. The van der Waals surface area contributed by atoms with Crippen molar-refractivity contribution in [3.8, 4) is 5.75 Å². The van der Waals surface area contributed by atoms with E-state index in [4.69, 9.17) is 9.73 Å². The van der Waals surface area contributed by atoms with Gasteiger partial charge in [0.25, 0.3) is 0 Å². The number of ether oxygens (including phenoxy) is 1. The Morgan fingerprint density at radius 3 is 2.81 bits per heavy atom. The minimum absolute atomic E-state index is 0.0663. The lowest BCUT2D eigenvalue weighted by molar-refractivity contribution is 0.206. The van der Waals surface area contributed by atoms with Crippen LogP contribution in [0.2, 0.25) is 0 Å². The van der Waals surface area contributed by atoms with E-state index in [-0.39, 0.29) is 11.6 Å². The molecule has 0 aliphatic carbocycles. The highest BCUT2D eigenvalue weighted by atomic mass is 16.5. The molecule has 1 fully saturated rings. The molecule has 2 heterocycles. The molecule has 170 valence electrons. The van der Waals surface area contributed by atoms with Gasteiger partial charge in [0.15, 0.2) is 0 Å². The van der Waals surface area contributed by atoms with Crippen LogP contribution in [0.5, 0.6) is 5.75 Å². The fourth-order valence-electron chi connectivity index (χ4n) is 4.25. The summed E-state index contributed by atoms with van der Waals surface area (Å²) in [5.74, 6) is 1.69. The largest absolute Gasteiger partial charge is 0.497 e. The maximum Gasteiger partial charge on any atom is 0.317 e. The topological polar surface area (TPSA) is 78.0 Å². The van der Waals surface area contributed by atoms with Gasteiger partial charge in [0.2, 0.25) is 0 Å². The van der Waals surface area contributed by atoms with Gasteiger partial charge in [-0.3, -0.25) is 10.3 Å². The molecule has 0 bridgehead atoms. The first-order valence-electron chi connectivity index (χ1n) is 11.1. The van der Waals surface area contributed by atoms with E-state index in [0.29, 0.717) is 19.6 Å². The molecule has 2 aromatic rings. The minimum Gasteiger partial charge on any atom is -0.497 e. The Balaban J connectivity index is 1.50. The predicted molar refractivity (Wildman–Crippen MR) is 128 cm³/mol. The van der Waals surface area contributed by atoms with E-state index in [1.54, 1.807) is 7.11 Å². The lowest BCUT2D eigenvalue weighted by Crippen LogP contribution is -2.56. The molecular formula is C25H33N5O2. The smallest absolute Gasteiger partial charge is 0.317 e. The number of para-hydroxylation sites is 1. The van der Waals surface area contributed by atoms with Crippen LogP contribution in [-0.2, 0) is 13.1 Å². The van der Waals surface area contributed by atoms with Gasteiger partial charge in [0.05, 0.1) is 18.2 Å². The van der Waals surface area contributed by atoms with Crippen LogP contribution in [-0.4, -0.2) is 48.0 Å². The summed E-state index contributed by atoms with van der Waals surface area (Å²) in [6, 6.07) is 16.0. The zero-order valence-corrected chi connectivity index (χ0v) is 19.4. The van der Waals surface area contributed by atoms with Crippen molar-refractivity contribution in [3.05, 3.63) is 59.7 Å². The number of amidine groups is 1. The van der Waals surface area contributed by atoms with Crippen molar-refractivity contribution < 1.29 is 9.53 Å². The molecule has 4 rings (SSSR count). The number of carbonyl (C=O) groups excluding carboxylic acids is 1. The summed E-state index contributed by atoms with van der Waals surface area (Å²) < 4.78 is 5.28. The van der Waals surface area contributed by atoms with Crippen LogP contribution < -0.4 is 20.7 Å². The Hall–Kier alpha value is -3.06. The molecule has 0 aromatic heterocycles. The molecule has 7 heteroatoms. The number of hydrogen-bond acceptors (Lipinski definition) is 4.